The Hall–Kier alpha value is -1.30. The fraction of sp³-hybridized carbons (Fsp3) is 0.533. The van der Waals surface area contributed by atoms with Crippen LogP contribution in [0.1, 0.15) is 5.56 Å². The molecule has 21 heavy (non-hydrogen) atoms. The quantitative estimate of drug-likeness (QED) is 0.785. The molecule has 0 radical (unpaired) electrons. The first-order chi connectivity index (χ1) is 9.66. The predicted octanol–water partition coefficient (Wildman–Crippen LogP) is 0.884. The average Bonchev–Trinajstić information content (AvgIpc) is 2.35. The Bertz CT molecular complexity index is 450. The second-order valence-electron chi connectivity index (χ2n) is 5.33. The minimum absolute atomic E-state index is 0. The van der Waals surface area contributed by atoms with E-state index in [0.29, 0.717) is 13.2 Å². The summed E-state index contributed by atoms with van der Waals surface area (Å²) in [5.74, 6) is 1.09. The minimum Gasteiger partial charge on any atom is -0.492 e. The van der Waals surface area contributed by atoms with E-state index in [1.807, 2.05) is 38.4 Å². The zero-order valence-corrected chi connectivity index (χ0v) is 13.4. The van der Waals surface area contributed by atoms with Gasteiger partial charge in [0.1, 0.15) is 12.4 Å². The van der Waals surface area contributed by atoms with Crippen molar-refractivity contribution in [2.75, 3.05) is 40.3 Å². The molecule has 1 aromatic carbocycles. The first-order valence-corrected chi connectivity index (χ1v) is 7.00. The SMILES string of the molecule is CN(C)CCOc1ccccc1CNC(=O)C1CNC1.Cl. The Kier molecular flexibility index (Phi) is 7.50. The molecule has 1 aliphatic rings. The normalized spacial score (nSPS) is 14.2. The largest absolute Gasteiger partial charge is 0.492 e. The third-order valence-corrected chi connectivity index (χ3v) is 3.37. The van der Waals surface area contributed by atoms with E-state index in [-0.39, 0.29) is 24.2 Å². The summed E-state index contributed by atoms with van der Waals surface area (Å²) >= 11 is 0. The van der Waals surface area contributed by atoms with E-state index in [9.17, 15) is 4.79 Å². The molecule has 0 atom stereocenters. The van der Waals surface area contributed by atoms with Gasteiger partial charge in [-0.15, -0.1) is 12.4 Å². The van der Waals surface area contributed by atoms with Crippen LogP contribution in [-0.4, -0.2) is 51.1 Å². The van der Waals surface area contributed by atoms with Crippen molar-refractivity contribution >= 4 is 18.3 Å². The molecule has 0 spiro atoms. The van der Waals surface area contributed by atoms with Gasteiger partial charge in [-0.2, -0.15) is 0 Å². The number of benzene rings is 1. The lowest BCUT2D eigenvalue weighted by Gasteiger charge is -2.26. The van der Waals surface area contributed by atoms with Gasteiger partial charge in [0, 0.05) is 31.7 Å². The second kappa shape index (κ2) is 8.87. The molecule has 0 aromatic heterocycles. The van der Waals surface area contributed by atoms with Gasteiger partial charge in [-0.05, 0) is 20.2 Å². The maximum Gasteiger partial charge on any atom is 0.225 e. The van der Waals surface area contributed by atoms with E-state index < -0.39 is 0 Å². The van der Waals surface area contributed by atoms with Gasteiger partial charge in [-0.3, -0.25) is 4.79 Å². The molecule has 1 saturated heterocycles. The van der Waals surface area contributed by atoms with E-state index in [2.05, 4.69) is 15.5 Å². The number of hydrogen-bond acceptors (Lipinski definition) is 4. The summed E-state index contributed by atoms with van der Waals surface area (Å²) in [6.07, 6.45) is 0. The van der Waals surface area contributed by atoms with Crippen molar-refractivity contribution in [2.24, 2.45) is 5.92 Å². The maximum absolute atomic E-state index is 11.8. The Morgan fingerprint density at radius 3 is 2.71 bits per heavy atom. The molecule has 1 aliphatic heterocycles. The summed E-state index contributed by atoms with van der Waals surface area (Å²) in [6, 6.07) is 7.85. The van der Waals surface area contributed by atoms with Crippen LogP contribution < -0.4 is 15.4 Å². The monoisotopic (exact) mass is 313 g/mol. The first-order valence-electron chi connectivity index (χ1n) is 7.00. The highest BCUT2D eigenvalue weighted by Gasteiger charge is 2.24. The van der Waals surface area contributed by atoms with Gasteiger partial charge in [0.2, 0.25) is 5.91 Å². The molecule has 1 aromatic rings. The number of likely N-dealkylation sites (N-methyl/N-ethyl adjacent to an activating group) is 1. The van der Waals surface area contributed by atoms with Crippen LogP contribution in [0.4, 0.5) is 0 Å². The highest BCUT2D eigenvalue weighted by molar-refractivity contribution is 5.85. The third-order valence-electron chi connectivity index (χ3n) is 3.37. The van der Waals surface area contributed by atoms with Crippen LogP contribution in [0.5, 0.6) is 5.75 Å². The van der Waals surface area contributed by atoms with Gasteiger partial charge in [-0.1, -0.05) is 18.2 Å². The molecule has 2 N–H and O–H groups in total. The Labute approximate surface area is 132 Å². The molecular weight excluding hydrogens is 290 g/mol. The van der Waals surface area contributed by atoms with E-state index >= 15 is 0 Å². The average molecular weight is 314 g/mol. The molecule has 0 saturated carbocycles. The van der Waals surface area contributed by atoms with Crippen molar-refractivity contribution in [3.8, 4) is 5.75 Å². The molecule has 0 unspecified atom stereocenters. The highest BCUT2D eigenvalue weighted by atomic mass is 35.5. The topological polar surface area (TPSA) is 53.6 Å². The summed E-state index contributed by atoms with van der Waals surface area (Å²) < 4.78 is 5.78. The molecule has 1 fully saturated rings. The molecule has 0 bridgehead atoms. The molecule has 1 heterocycles. The number of nitrogens with one attached hydrogen (secondary N) is 2. The number of carbonyl (C=O) groups is 1. The molecule has 1 amide bonds. The van der Waals surface area contributed by atoms with Crippen LogP contribution in [0.3, 0.4) is 0 Å². The predicted molar refractivity (Wildman–Crippen MR) is 85.9 cm³/mol. The molecule has 2 rings (SSSR count). The molecule has 6 heteroatoms. The number of carbonyl (C=O) groups excluding carboxylic acids is 1. The molecular formula is C15H24ClN3O2. The number of halogens is 1. The number of nitrogens with zero attached hydrogens (tertiary/aromatic N) is 1. The number of ether oxygens (including phenoxy) is 1. The maximum atomic E-state index is 11.8. The summed E-state index contributed by atoms with van der Waals surface area (Å²) in [5, 5.41) is 6.07. The van der Waals surface area contributed by atoms with Crippen molar-refractivity contribution in [2.45, 2.75) is 6.54 Å². The number of amides is 1. The molecule has 118 valence electrons. The van der Waals surface area contributed by atoms with Crippen LogP contribution in [0.25, 0.3) is 0 Å². The Balaban J connectivity index is 0.00000220. The summed E-state index contributed by atoms with van der Waals surface area (Å²) in [6.45, 7) is 3.60. The summed E-state index contributed by atoms with van der Waals surface area (Å²) in [4.78, 5) is 13.9. The fourth-order valence-corrected chi connectivity index (χ4v) is 1.93. The van der Waals surface area contributed by atoms with E-state index in [1.165, 1.54) is 0 Å². The smallest absolute Gasteiger partial charge is 0.225 e. The van der Waals surface area contributed by atoms with Gasteiger partial charge in [-0.25, -0.2) is 0 Å². The van der Waals surface area contributed by atoms with Crippen molar-refractivity contribution in [3.63, 3.8) is 0 Å². The van der Waals surface area contributed by atoms with E-state index in [0.717, 1.165) is 30.9 Å². The standard InChI is InChI=1S/C15H23N3O2.ClH/c1-18(2)7-8-20-14-6-4-3-5-12(14)11-17-15(19)13-9-16-10-13;/h3-6,13,16H,7-11H2,1-2H3,(H,17,19);1H. The fourth-order valence-electron chi connectivity index (χ4n) is 1.93. The highest BCUT2D eigenvalue weighted by Crippen LogP contribution is 2.18. The van der Waals surface area contributed by atoms with Crippen LogP contribution in [0.2, 0.25) is 0 Å². The first kappa shape index (κ1) is 17.8. The lowest BCUT2D eigenvalue weighted by Crippen LogP contribution is -2.50. The van der Waals surface area contributed by atoms with Crippen LogP contribution in [0, 0.1) is 5.92 Å². The van der Waals surface area contributed by atoms with E-state index in [4.69, 9.17) is 4.74 Å². The summed E-state index contributed by atoms with van der Waals surface area (Å²) in [5.41, 5.74) is 1.02. The Morgan fingerprint density at radius 1 is 1.38 bits per heavy atom. The van der Waals surface area contributed by atoms with Crippen molar-refractivity contribution < 1.29 is 9.53 Å². The molecule has 5 nitrogen and oxygen atoms in total. The van der Waals surface area contributed by atoms with Gasteiger partial charge in [0.05, 0.1) is 5.92 Å². The molecule has 0 aliphatic carbocycles. The number of para-hydroxylation sites is 1. The van der Waals surface area contributed by atoms with Gasteiger partial charge in [0.25, 0.3) is 0 Å². The zero-order chi connectivity index (χ0) is 14.4. The van der Waals surface area contributed by atoms with Crippen LogP contribution in [0.15, 0.2) is 24.3 Å². The van der Waals surface area contributed by atoms with Crippen molar-refractivity contribution in [1.82, 2.24) is 15.5 Å². The summed E-state index contributed by atoms with van der Waals surface area (Å²) in [7, 11) is 4.03. The number of hydrogen-bond donors (Lipinski definition) is 2. The zero-order valence-electron chi connectivity index (χ0n) is 12.6. The lowest BCUT2D eigenvalue weighted by atomic mass is 10.0. The van der Waals surface area contributed by atoms with Crippen LogP contribution >= 0.6 is 12.4 Å². The number of rotatable bonds is 7. The lowest BCUT2D eigenvalue weighted by molar-refractivity contribution is -0.126. The van der Waals surface area contributed by atoms with Gasteiger partial charge >= 0.3 is 0 Å². The van der Waals surface area contributed by atoms with Gasteiger partial charge in [0.15, 0.2) is 0 Å². The van der Waals surface area contributed by atoms with Crippen molar-refractivity contribution in [3.05, 3.63) is 29.8 Å². The van der Waals surface area contributed by atoms with Gasteiger partial charge < -0.3 is 20.3 Å². The Morgan fingerprint density at radius 2 is 2.10 bits per heavy atom. The van der Waals surface area contributed by atoms with E-state index in [1.54, 1.807) is 0 Å². The second-order valence-corrected chi connectivity index (χ2v) is 5.33. The van der Waals surface area contributed by atoms with Crippen LogP contribution in [-0.2, 0) is 11.3 Å². The third kappa shape index (κ3) is 5.53. The minimum atomic E-state index is 0. The van der Waals surface area contributed by atoms with Crippen molar-refractivity contribution in [1.29, 1.82) is 0 Å².